The maximum absolute atomic E-state index is 13.0. The zero-order valence-electron chi connectivity index (χ0n) is 60.0. The molecule has 92 heavy (non-hydrogen) atoms. The van der Waals surface area contributed by atoms with Crippen molar-refractivity contribution < 1.29 is 80.2 Å². The molecular weight excluding hydrogens is 1210 g/mol. The number of carbonyl (C=O) groups excluding carboxylic acids is 4. The van der Waals surface area contributed by atoms with Gasteiger partial charge in [-0.3, -0.25) is 37.3 Å². The Hall–Kier alpha value is -1.94. The third-order valence-electron chi connectivity index (χ3n) is 17.2. The standard InChI is InChI=1S/C73H142O17P2/c1-8-10-11-37-47-54-70(75)83-60-68(89-72(77)57-50-43-36-30-24-23-27-33-40-46-53-66(7)9-2)62-87-91(79,80)85-58-67(74)59-86-92(81,82)88-63-69(61-84-71(76)55-48-41-34-28-21-18-17-20-26-32-39-45-52-65(5)6)90-73(78)56-49-42-35-29-22-16-14-12-13-15-19-25-31-38-44-51-64(3)4/h64-69,74H,8-63H2,1-7H3,(H,79,80)(H,81,82)/t66?,67-,68+,69+/m0/s1. The van der Waals surface area contributed by atoms with Crippen molar-refractivity contribution in [3.05, 3.63) is 0 Å². The predicted molar refractivity (Wildman–Crippen MR) is 372 cm³/mol. The van der Waals surface area contributed by atoms with Crippen LogP contribution in [0.2, 0.25) is 0 Å². The first kappa shape index (κ1) is 90.1. The second-order valence-electron chi connectivity index (χ2n) is 27.5. The van der Waals surface area contributed by atoms with Crippen molar-refractivity contribution in [2.45, 2.75) is 388 Å². The second kappa shape index (κ2) is 63.8. The van der Waals surface area contributed by atoms with Crippen LogP contribution < -0.4 is 0 Å². The average Bonchev–Trinajstić information content (AvgIpc) is 3.47. The van der Waals surface area contributed by atoms with E-state index in [0.29, 0.717) is 25.7 Å². The third-order valence-corrected chi connectivity index (χ3v) is 19.1. The molecule has 0 aromatic heterocycles. The van der Waals surface area contributed by atoms with Crippen LogP contribution in [0.5, 0.6) is 0 Å². The van der Waals surface area contributed by atoms with Gasteiger partial charge in [-0.1, -0.05) is 318 Å². The van der Waals surface area contributed by atoms with Crippen molar-refractivity contribution in [2.75, 3.05) is 39.6 Å². The van der Waals surface area contributed by atoms with Crippen molar-refractivity contribution in [2.24, 2.45) is 17.8 Å². The van der Waals surface area contributed by atoms with Crippen LogP contribution in [0, 0.1) is 17.8 Å². The van der Waals surface area contributed by atoms with Gasteiger partial charge in [-0.2, -0.15) is 0 Å². The highest BCUT2D eigenvalue weighted by Crippen LogP contribution is 2.45. The van der Waals surface area contributed by atoms with E-state index in [1.807, 2.05) is 0 Å². The van der Waals surface area contributed by atoms with E-state index in [1.54, 1.807) is 0 Å². The fraction of sp³-hybridized carbons (Fsp3) is 0.945. The molecule has 0 aliphatic rings. The van der Waals surface area contributed by atoms with E-state index in [2.05, 4.69) is 48.5 Å². The zero-order valence-corrected chi connectivity index (χ0v) is 61.8. The van der Waals surface area contributed by atoms with Crippen LogP contribution in [-0.2, 0) is 65.4 Å². The molecule has 6 atom stereocenters. The smallest absolute Gasteiger partial charge is 0.462 e. The number of carbonyl (C=O) groups is 4. The van der Waals surface area contributed by atoms with Crippen molar-refractivity contribution in [1.29, 1.82) is 0 Å². The summed E-state index contributed by atoms with van der Waals surface area (Å²) in [4.78, 5) is 72.4. The molecular formula is C73H142O17P2. The normalized spacial score (nSPS) is 14.4. The number of phosphoric acid groups is 2. The number of rotatable bonds is 71. The first-order valence-electron chi connectivity index (χ1n) is 37.9. The number of esters is 4. The summed E-state index contributed by atoms with van der Waals surface area (Å²) in [6, 6.07) is 0. The van der Waals surface area contributed by atoms with Crippen molar-refractivity contribution >= 4 is 39.5 Å². The lowest BCUT2D eigenvalue weighted by Gasteiger charge is -2.21. The van der Waals surface area contributed by atoms with E-state index in [0.717, 1.165) is 114 Å². The molecule has 0 aromatic rings. The number of hydrogen-bond acceptors (Lipinski definition) is 15. The Morgan fingerprint density at radius 2 is 0.554 bits per heavy atom. The van der Waals surface area contributed by atoms with E-state index in [1.165, 1.54) is 173 Å². The Balaban J connectivity index is 5.16. The summed E-state index contributed by atoms with van der Waals surface area (Å²) in [5.41, 5.74) is 0. The molecule has 0 heterocycles. The fourth-order valence-electron chi connectivity index (χ4n) is 11.0. The molecule has 0 saturated carbocycles. The first-order chi connectivity index (χ1) is 44.3. The SMILES string of the molecule is CCCCCCCC(=O)OC[C@H](COP(=O)(O)OC[C@H](O)COP(=O)(O)OC[C@@H](COC(=O)CCCCCCCCCCCCCCC(C)C)OC(=O)CCCCCCCCCCCCCCCCCC(C)C)OC(=O)CCCCCCCCCCCCC(C)CC. The van der Waals surface area contributed by atoms with Crippen LogP contribution in [0.4, 0.5) is 0 Å². The fourth-order valence-corrected chi connectivity index (χ4v) is 12.6. The van der Waals surface area contributed by atoms with E-state index in [-0.39, 0.29) is 25.7 Å². The summed E-state index contributed by atoms with van der Waals surface area (Å²) >= 11 is 0. The Bertz CT molecular complexity index is 1800. The number of phosphoric ester groups is 2. The van der Waals surface area contributed by atoms with Gasteiger partial charge in [-0.15, -0.1) is 0 Å². The minimum atomic E-state index is -4.95. The summed E-state index contributed by atoms with van der Waals surface area (Å²) in [5.74, 6) is 0.255. The predicted octanol–water partition coefficient (Wildman–Crippen LogP) is 21.0. The molecule has 0 spiro atoms. The third kappa shape index (κ3) is 65.4. The summed E-state index contributed by atoms with van der Waals surface area (Å²) in [6.07, 6.45) is 48.9. The van der Waals surface area contributed by atoms with Crippen LogP contribution in [0.25, 0.3) is 0 Å². The molecule has 17 nitrogen and oxygen atoms in total. The van der Waals surface area contributed by atoms with Gasteiger partial charge in [0.1, 0.15) is 19.3 Å². The van der Waals surface area contributed by atoms with E-state index < -0.39 is 97.5 Å². The lowest BCUT2D eigenvalue weighted by molar-refractivity contribution is -0.161. The summed E-state index contributed by atoms with van der Waals surface area (Å²) in [7, 11) is -9.90. The zero-order chi connectivity index (χ0) is 68.0. The van der Waals surface area contributed by atoms with E-state index in [4.69, 9.17) is 37.0 Å². The largest absolute Gasteiger partial charge is 0.472 e. The molecule has 0 radical (unpaired) electrons. The lowest BCUT2D eigenvalue weighted by Crippen LogP contribution is -2.30. The molecule has 0 fully saturated rings. The minimum absolute atomic E-state index is 0.105. The maximum Gasteiger partial charge on any atom is 0.472 e. The van der Waals surface area contributed by atoms with Crippen LogP contribution >= 0.6 is 15.6 Å². The molecule has 0 aromatic carbocycles. The second-order valence-corrected chi connectivity index (χ2v) is 30.4. The molecule has 3 unspecified atom stereocenters. The monoisotopic (exact) mass is 1350 g/mol. The Labute approximate surface area is 562 Å². The summed E-state index contributed by atoms with van der Waals surface area (Å²) in [6.45, 7) is 11.9. The molecule has 546 valence electrons. The van der Waals surface area contributed by atoms with Crippen molar-refractivity contribution in [3.8, 4) is 0 Å². The molecule has 0 aliphatic heterocycles. The van der Waals surface area contributed by atoms with Crippen LogP contribution in [0.1, 0.15) is 370 Å². The van der Waals surface area contributed by atoms with E-state index >= 15 is 0 Å². The molecule has 0 saturated heterocycles. The highest BCUT2D eigenvalue weighted by Gasteiger charge is 2.30. The maximum atomic E-state index is 13.0. The van der Waals surface area contributed by atoms with Gasteiger partial charge < -0.3 is 33.8 Å². The molecule has 0 bridgehead atoms. The molecule has 0 rings (SSSR count). The first-order valence-corrected chi connectivity index (χ1v) is 40.9. The Kier molecular flexibility index (Phi) is 62.4. The number of aliphatic hydroxyl groups is 1. The molecule has 0 amide bonds. The average molecular weight is 1350 g/mol. The van der Waals surface area contributed by atoms with Gasteiger partial charge in [0.25, 0.3) is 0 Å². The number of aliphatic hydroxyl groups excluding tert-OH is 1. The van der Waals surface area contributed by atoms with Gasteiger partial charge in [0.05, 0.1) is 26.4 Å². The van der Waals surface area contributed by atoms with Crippen molar-refractivity contribution in [3.63, 3.8) is 0 Å². The van der Waals surface area contributed by atoms with Gasteiger partial charge in [-0.05, 0) is 43.4 Å². The summed E-state index contributed by atoms with van der Waals surface area (Å²) in [5, 5.41) is 10.6. The number of ether oxygens (including phenoxy) is 4. The number of unbranched alkanes of at least 4 members (excludes halogenated alkanes) is 38. The van der Waals surface area contributed by atoms with E-state index in [9.17, 15) is 43.2 Å². The topological polar surface area (TPSA) is 237 Å². The van der Waals surface area contributed by atoms with Gasteiger partial charge in [0.2, 0.25) is 0 Å². The van der Waals surface area contributed by atoms with Crippen LogP contribution in [-0.4, -0.2) is 96.7 Å². The van der Waals surface area contributed by atoms with Gasteiger partial charge in [-0.25, -0.2) is 9.13 Å². The quantitative estimate of drug-likeness (QED) is 0.0222. The van der Waals surface area contributed by atoms with Crippen LogP contribution in [0.15, 0.2) is 0 Å². The molecule has 3 N–H and O–H groups in total. The molecule has 0 aliphatic carbocycles. The highest BCUT2D eigenvalue weighted by atomic mass is 31.2. The molecule has 19 heteroatoms. The Morgan fingerprint density at radius 3 is 0.826 bits per heavy atom. The number of hydrogen-bond donors (Lipinski definition) is 3. The minimum Gasteiger partial charge on any atom is -0.462 e. The van der Waals surface area contributed by atoms with Gasteiger partial charge in [0.15, 0.2) is 12.2 Å². The highest BCUT2D eigenvalue weighted by molar-refractivity contribution is 7.47. The van der Waals surface area contributed by atoms with Gasteiger partial charge in [0, 0.05) is 25.7 Å². The van der Waals surface area contributed by atoms with Gasteiger partial charge >= 0.3 is 39.5 Å². The van der Waals surface area contributed by atoms with Crippen molar-refractivity contribution in [1.82, 2.24) is 0 Å². The lowest BCUT2D eigenvalue weighted by atomic mass is 9.99. The Morgan fingerprint density at radius 1 is 0.315 bits per heavy atom. The van der Waals surface area contributed by atoms with Crippen LogP contribution in [0.3, 0.4) is 0 Å². The summed E-state index contributed by atoms with van der Waals surface area (Å²) < 4.78 is 68.2.